The van der Waals surface area contributed by atoms with E-state index in [2.05, 4.69) is 14.7 Å². The van der Waals surface area contributed by atoms with E-state index in [1.165, 1.54) is 19.3 Å². The fraction of sp³-hybridized carbons (Fsp3) is 0.286. The van der Waals surface area contributed by atoms with E-state index in [0.29, 0.717) is 0 Å². The largest absolute Gasteiger partial charge is 0.314 e. The van der Waals surface area contributed by atoms with E-state index < -0.39 is 10.1 Å². The number of nitrogens with one attached hydrogen (secondary N) is 1. The third-order valence-electron chi connectivity index (χ3n) is 1.37. The molecule has 0 radical (unpaired) electrons. The fourth-order valence-corrected chi connectivity index (χ4v) is 1.49. The lowest BCUT2D eigenvalue weighted by atomic mass is 10.4. The summed E-state index contributed by atoms with van der Waals surface area (Å²) < 4.78 is 26.8. The maximum Gasteiger partial charge on any atom is 0.314 e. The predicted octanol–water partition coefficient (Wildman–Crippen LogP) is 0.230. The van der Waals surface area contributed by atoms with Gasteiger partial charge in [-0.05, 0) is 19.1 Å². The van der Waals surface area contributed by atoms with Gasteiger partial charge in [0.2, 0.25) is 0 Å². The SMILES string of the molecule is CNOS(=O)(=O)c1ccc(C)nc1. The summed E-state index contributed by atoms with van der Waals surface area (Å²) in [5, 5.41) is 0. The molecule has 0 saturated heterocycles. The Labute approximate surface area is 76.8 Å². The molecule has 5 nitrogen and oxygen atoms in total. The first-order valence-corrected chi connectivity index (χ1v) is 5.00. The number of aryl methyl sites for hydroxylation is 1. The van der Waals surface area contributed by atoms with Crippen LogP contribution in [0.3, 0.4) is 0 Å². The summed E-state index contributed by atoms with van der Waals surface area (Å²) in [5.74, 6) is 0. The van der Waals surface area contributed by atoms with Gasteiger partial charge in [0.15, 0.2) is 0 Å². The maximum atomic E-state index is 11.2. The van der Waals surface area contributed by atoms with Crippen LogP contribution in [0, 0.1) is 6.92 Å². The van der Waals surface area contributed by atoms with Gasteiger partial charge >= 0.3 is 10.1 Å². The van der Waals surface area contributed by atoms with E-state index in [0.717, 1.165) is 5.69 Å². The molecule has 0 fully saturated rings. The van der Waals surface area contributed by atoms with Crippen LogP contribution in [0.2, 0.25) is 0 Å². The van der Waals surface area contributed by atoms with Gasteiger partial charge in [-0.2, -0.15) is 18.2 Å². The zero-order chi connectivity index (χ0) is 9.90. The number of pyridine rings is 1. The van der Waals surface area contributed by atoms with E-state index >= 15 is 0 Å². The van der Waals surface area contributed by atoms with Crippen LogP contribution in [-0.2, 0) is 14.4 Å². The normalized spacial score (nSPS) is 11.5. The van der Waals surface area contributed by atoms with Crippen molar-refractivity contribution in [2.75, 3.05) is 7.05 Å². The molecule has 0 aliphatic carbocycles. The lowest BCUT2D eigenvalue weighted by Crippen LogP contribution is -2.15. The summed E-state index contributed by atoms with van der Waals surface area (Å²) in [6, 6.07) is 3.04. The molecule has 0 aromatic carbocycles. The van der Waals surface area contributed by atoms with Crippen LogP contribution in [-0.4, -0.2) is 20.4 Å². The molecule has 0 saturated carbocycles. The second-order valence-electron chi connectivity index (χ2n) is 2.38. The zero-order valence-electron chi connectivity index (χ0n) is 7.31. The molecule has 1 N–H and O–H groups in total. The maximum absolute atomic E-state index is 11.2. The van der Waals surface area contributed by atoms with Crippen LogP contribution >= 0.6 is 0 Å². The van der Waals surface area contributed by atoms with Gasteiger partial charge in [0.25, 0.3) is 0 Å². The number of rotatable bonds is 3. The first-order chi connectivity index (χ1) is 6.06. The topological polar surface area (TPSA) is 68.3 Å². The van der Waals surface area contributed by atoms with Crippen molar-refractivity contribution in [1.29, 1.82) is 0 Å². The van der Waals surface area contributed by atoms with Crippen molar-refractivity contribution in [3.63, 3.8) is 0 Å². The second kappa shape index (κ2) is 3.82. The third-order valence-corrected chi connectivity index (χ3v) is 2.57. The Balaban J connectivity index is 3.02. The van der Waals surface area contributed by atoms with Gasteiger partial charge in [0.1, 0.15) is 4.90 Å². The molecule has 1 heterocycles. The van der Waals surface area contributed by atoms with Crippen molar-refractivity contribution in [3.05, 3.63) is 24.0 Å². The first-order valence-electron chi connectivity index (χ1n) is 3.59. The Kier molecular flexibility index (Phi) is 2.97. The van der Waals surface area contributed by atoms with Crippen molar-refractivity contribution in [2.24, 2.45) is 0 Å². The molecule has 1 rings (SSSR count). The number of hydrogen-bond acceptors (Lipinski definition) is 5. The first kappa shape index (κ1) is 10.1. The smallest absolute Gasteiger partial charge is 0.260 e. The van der Waals surface area contributed by atoms with Gasteiger partial charge in [-0.15, -0.1) is 0 Å². The number of nitrogens with zero attached hydrogens (tertiary/aromatic N) is 1. The lowest BCUT2D eigenvalue weighted by molar-refractivity contribution is 0.231. The molecular weight excluding hydrogens is 192 g/mol. The predicted molar refractivity (Wildman–Crippen MR) is 46.3 cm³/mol. The van der Waals surface area contributed by atoms with Crippen LogP contribution in [0.25, 0.3) is 0 Å². The van der Waals surface area contributed by atoms with Crippen molar-refractivity contribution in [2.45, 2.75) is 11.8 Å². The molecule has 0 spiro atoms. The summed E-state index contributed by atoms with van der Waals surface area (Å²) >= 11 is 0. The minimum Gasteiger partial charge on any atom is -0.260 e. The van der Waals surface area contributed by atoms with Gasteiger partial charge in [0, 0.05) is 18.9 Å². The highest BCUT2D eigenvalue weighted by molar-refractivity contribution is 7.86. The average Bonchev–Trinajstić information content (AvgIpc) is 2.05. The van der Waals surface area contributed by atoms with Crippen molar-refractivity contribution < 1.29 is 12.7 Å². The van der Waals surface area contributed by atoms with Crippen LogP contribution in [0.15, 0.2) is 23.2 Å². The Hall–Kier alpha value is -0.980. The summed E-state index contributed by atoms with van der Waals surface area (Å²) in [7, 11) is -2.33. The molecule has 0 atom stereocenters. The Morgan fingerprint density at radius 1 is 1.46 bits per heavy atom. The molecule has 1 aromatic heterocycles. The molecule has 0 amide bonds. The van der Waals surface area contributed by atoms with Gasteiger partial charge in [-0.3, -0.25) is 4.98 Å². The summed E-state index contributed by atoms with van der Waals surface area (Å²) in [6.07, 6.45) is 1.25. The van der Waals surface area contributed by atoms with E-state index in [9.17, 15) is 8.42 Å². The highest BCUT2D eigenvalue weighted by atomic mass is 32.2. The van der Waals surface area contributed by atoms with Gasteiger partial charge < -0.3 is 0 Å². The van der Waals surface area contributed by atoms with Gasteiger partial charge in [-0.25, -0.2) is 0 Å². The monoisotopic (exact) mass is 202 g/mol. The Bertz CT molecular complexity index is 371. The molecule has 0 bridgehead atoms. The van der Waals surface area contributed by atoms with Crippen LogP contribution in [0.5, 0.6) is 0 Å². The van der Waals surface area contributed by atoms with Crippen molar-refractivity contribution in [3.8, 4) is 0 Å². The van der Waals surface area contributed by atoms with Crippen LogP contribution in [0.1, 0.15) is 5.69 Å². The van der Waals surface area contributed by atoms with Crippen molar-refractivity contribution in [1.82, 2.24) is 10.5 Å². The van der Waals surface area contributed by atoms with E-state index in [1.54, 1.807) is 13.0 Å². The number of aromatic nitrogens is 1. The quantitative estimate of drug-likeness (QED) is 0.710. The molecule has 0 unspecified atom stereocenters. The molecule has 13 heavy (non-hydrogen) atoms. The summed E-state index contributed by atoms with van der Waals surface area (Å²) in [6.45, 7) is 1.77. The number of hydroxylamine groups is 1. The number of hydrogen-bond donors (Lipinski definition) is 1. The molecule has 0 aliphatic heterocycles. The van der Waals surface area contributed by atoms with Gasteiger partial charge in [0.05, 0.1) is 0 Å². The second-order valence-corrected chi connectivity index (χ2v) is 3.92. The fourth-order valence-electron chi connectivity index (χ4n) is 0.760. The van der Waals surface area contributed by atoms with Crippen molar-refractivity contribution >= 4 is 10.1 Å². The van der Waals surface area contributed by atoms with E-state index in [1.807, 2.05) is 0 Å². The Morgan fingerprint density at radius 3 is 2.62 bits per heavy atom. The minimum atomic E-state index is -3.70. The summed E-state index contributed by atoms with van der Waals surface area (Å²) in [4.78, 5) is 3.88. The highest BCUT2D eigenvalue weighted by Gasteiger charge is 2.14. The highest BCUT2D eigenvalue weighted by Crippen LogP contribution is 2.09. The molecule has 6 heteroatoms. The Morgan fingerprint density at radius 2 is 2.15 bits per heavy atom. The average molecular weight is 202 g/mol. The lowest BCUT2D eigenvalue weighted by Gasteiger charge is -2.02. The summed E-state index contributed by atoms with van der Waals surface area (Å²) in [5.41, 5.74) is 2.86. The molecular formula is C7H10N2O3S. The standard InChI is InChI=1S/C7H10N2O3S/c1-6-3-4-7(5-9-6)13(10,11)12-8-2/h3-5,8H,1-2H3. The van der Waals surface area contributed by atoms with Gasteiger partial charge in [-0.1, -0.05) is 0 Å². The van der Waals surface area contributed by atoms with Crippen LogP contribution < -0.4 is 5.48 Å². The zero-order valence-corrected chi connectivity index (χ0v) is 8.13. The van der Waals surface area contributed by atoms with Crippen LogP contribution in [0.4, 0.5) is 0 Å². The van der Waals surface area contributed by atoms with E-state index in [-0.39, 0.29) is 4.90 Å². The molecule has 0 aliphatic rings. The minimum absolute atomic E-state index is 0.0347. The third kappa shape index (κ3) is 2.48. The molecule has 72 valence electrons. The van der Waals surface area contributed by atoms with E-state index in [4.69, 9.17) is 0 Å². The molecule has 1 aromatic rings.